The van der Waals surface area contributed by atoms with Crippen LogP contribution in [-0.2, 0) is 14.3 Å². The van der Waals surface area contributed by atoms with E-state index in [2.05, 4.69) is 5.32 Å². The van der Waals surface area contributed by atoms with E-state index in [1.165, 1.54) is 33.5 Å². The van der Waals surface area contributed by atoms with Crippen LogP contribution in [0.1, 0.15) is 42.1 Å². The second-order valence-electron chi connectivity index (χ2n) is 9.55. The fourth-order valence-corrected chi connectivity index (χ4v) is 6.48. The Kier molecular flexibility index (Phi) is 6.85. The van der Waals surface area contributed by atoms with Gasteiger partial charge in [-0.2, -0.15) is 0 Å². The predicted octanol–water partition coefficient (Wildman–Crippen LogP) is 5.67. The molecule has 5 rings (SSSR count). The van der Waals surface area contributed by atoms with E-state index in [0.717, 1.165) is 0 Å². The largest absolute Gasteiger partial charge is 0.496 e. The molecule has 1 spiro atoms. The molecule has 3 atom stereocenters. The van der Waals surface area contributed by atoms with Gasteiger partial charge in [-0.25, -0.2) is 4.79 Å². The van der Waals surface area contributed by atoms with Crippen molar-refractivity contribution in [2.75, 3.05) is 21.3 Å². The normalized spacial score (nSPS) is 23.8. The highest BCUT2D eigenvalue weighted by Crippen LogP contribution is 2.56. The number of fused-ring (bicyclic) bond motifs is 1. The Labute approximate surface area is 239 Å². The highest BCUT2D eigenvalue weighted by molar-refractivity contribution is 6.37. The lowest BCUT2D eigenvalue weighted by Crippen LogP contribution is -2.58. The van der Waals surface area contributed by atoms with E-state index in [1.54, 1.807) is 26.0 Å². The maximum atomic E-state index is 14.7. The second kappa shape index (κ2) is 9.77. The summed E-state index contributed by atoms with van der Waals surface area (Å²) in [5.41, 5.74) is -0.0440. The van der Waals surface area contributed by atoms with Gasteiger partial charge in [0, 0.05) is 44.9 Å². The van der Waals surface area contributed by atoms with E-state index < -0.39 is 35.0 Å². The summed E-state index contributed by atoms with van der Waals surface area (Å²) < 4.78 is 22.2. The minimum absolute atomic E-state index is 0.00637. The van der Waals surface area contributed by atoms with E-state index in [4.69, 9.17) is 53.8 Å². The van der Waals surface area contributed by atoms with E-state index in [0.29, 0.717) is 22.0 Å². The molecule has 39 heavy (non-hydrogen) atoms. The van der Waals surface area contributed by atoms with Crippen molar-refractivity contribution in [2.24, 2.45) is 5.92 Å². The molecule has 0 saturated heterocycles. The van der Waals surface area contributed by atoms with Gasteiger partial charge in [-0.15, -0.1) is 0 Å². The molecule has 0 fully saturated rings. The van der Waals surface area contributed by atoms with Crippen molar-refractivity contribution in [3.05, 3.63) is 73.0 Å². The third-order valence-electron chi connectivity index (χ3n) is 7.53. The van der Waals surface area contributed by atoms with Crippen molar-refractivity contribution >= 4 is 52.3 Å². The first-order valence-corrected chi connectivity index (χ1v) is 13.1. The van der Waals surface area contributed by atoms with Gasteiger partial charge in [-0.3, -0.25) is 9.59 Å². The number of allylic oxidation sites excluding steroid dienone is 2. The standard InChI is InChI=1S/C28H24Cl3NO7/c1-11-8-16-21(20(14-7-6-13(29)9-15(14)30)19(12(2)32-16)27(35)38-5)25(33)28(11)26(34)22-17(36-3)10-18(37-4)23(31)24(22)39-28/h6-7,9-11,20,32H,8H2,1-5H3. The lowest BCUT2D eigenvalue weighted by Gasteiger charge is -2.42. The molecule has 2 aliphatic heterocycles. The van der Waals surface area contributed by atoms with Crippen LogP contribution in [0.5, 0.6) is 17.2 Å². The van der Waals surface area contributed by atoms with Gasteiger partial charge in [0.1, 0.15) is 22.1 Å². The van der Waals surface area contributed by atoms with E-state index >= 15 is 0 Å². The fraction of sp³-hybridized carbons (Fsp3) is 0.321. The molecule has 2 aromatic carbocycles. The number of dihydropyridines is 1. The van der Waals surface area contributed by atoms with Gasteiger partial charge in [0.2, 0.25) is 17.2 Å². The summed E-state index contributed by atoms with van der Waals surface area (Å²) in [6.45, 7) is 3.47. The first-order chi connectivity index (χ1) is 18.5. The Balaban J connectivity index is 1.74. The third-order valence-corrected chi connectivity index (χ3v) is 8.45. The number of carbonyl (C=O) groups excluding carboxylic acids is 3. The van der Waals surface area contributed by atoms with Crippen LogP contribution < -0.4 is 19.5 Å². The number of methoxy groups -OCH3 is 3. The monoisotopic (exact) mass is 591 g/mol. The Morgan fingerprint density at radius 2 is 1.74 bits per heavy atom. The molecule has 0 bridgehead atoms. The average molecular weight is 593 g/mol. The number of ether oxygens (including phenoxy) is 4. The molecule has 0 radical (unpaired) electrons. The number of carbonyl (C=O) groups is 3. The van der Waals surface area contributed by atoms with Crippen LogP contribution in [-0.4, -0.2) is 44.5 Å². The van der Waals surface area contributed by atoms with Crippen LogP contribution in [0.15, 0.2) is 46.8 Å². The highest BCUT2D eigenvalue weighted by Gasteiger charge is 2.63. The number of rotatable bonds is 4. The molecule has 8 nitrogen and oxygen atoms in total. The molecule has 1 N–H and O–H groups in total. The smallest absolute Gasteiger partial charge is 0.336 e. The summed E-state index contributed by atoms with van der Waals surface area (Å²) in [6.07, 6.45) is 0.255. The zero-order valence-electron chi connectivity index (χ0n) is 21.7. The number of hydrogen-bond donors (Lipinski definition) is 1. The van der Waals surface area contributed by atoms with Gasteiger partial charge in [0.15, 0.2) is 5.75 Å². The Bertz CT molecular complexity index is 1530. The minimum Gasteiger partial charge on any atom is -0.496 e. The Hall–Kier alpha value is -3.20. The molecule has 2 heterocycles. The second-order valence-corrected chi connectivity index (χ2v) is 10.8. The summed E-state index contributed by atoms with van der Waals surface area (Å²) in [5, 5.41) is 3.87. The number of benzene rings is 2. The van der Waals surface area contributed by atoms with Crippen LogP contribution in [0.4, 0.5) is 0 Å². The van der Waals surface area contributed by atoms with Crippen molar-refractivity contribution in [3.8, 4) is 17.2 Å². The summed E-state index contributed by atoms with van der Waals surface area (Å²) in [6, 6.07) is 6.27. The third kappa shape index (κ3) is 3.84. The van der Waals surface area contributed by atoms with Gasteiger partial charge < -0.3 is 24.3 Å². The van der Waals surface area contributed by atoms with Gasteiger partial charge in [-0.05, 0) is 31.0 Å². The van der Waals surface area contributed by atoms with Crippen LogP contribution in [0.2, 0.25) is 15.1 Å². The Morgan fingerprint density at radius 1 is 1.05 bits per heavy atom. The molecule has 2 aromatic rings. The molecule has 0 saturated carbocycles. The quantitative estimate of drug-likeness (QED) is 0.358. The summed E-state index contributed by atoms with van der Waals surface area (Å²) in [5.74, 6) is -3.03. The first kappa shape index (κ1) is 27.4. The highest BCUT2D eigenvalue weighted by atomic mass is 35.5. The lowest BCUT2D eigenvalue weighted by molar-refractivity contribution is -0.136. The van der Waals surface area contributed by atoms with Crippen molar-refractivity contribution in [2.45, 2.75) is 31.8 Å². The molecule has 11 heteroatoms. The topological polar surface area (TPSA) is 100 Å². The molecule has 204 valence electrons. The molecule has 0 amide bonds. The molecule has 1 aliphatic carbocycles. The first-order valence-electron chi connectivity index (χ1n) is 12.0. The molecular formula is C28H24Cl3NO7. The predicted molar refractivity (Wildman–Crippen MR) is 145 cm³/mol. The lowest BCUT2D eigenvalue weighted by atomic mass is 9.65. The van der Waals surface area contributed by atoms with Crippen molar-refractivity contribution in [1.29, 1.82) is 0 Å². The maximum absolute atomic E-state index is 14.7. The van der Waals surface area contributed by atoms with Gasteiger partial charge in [0.05, 0.1) is 26.9 Å². The molecule has 3 unspecified atom stereocenters. The summed E-state index contributed by atoms with van der Waals surface area (Å²) in [4.78, 5) is 41.9. The van der Waals surface area contributed by atoms with E-state index in [9.17, 15) is 14.4 Å². The maximum Gasteiger partial charge on any atom is 0.336 e. The van der Waals surface area contributed by atoms with Crippen LogP contribution >= 0.6 is 34.8 Å². The van der Waals surface area contributed by atoms with Gasteiger partial charge in [0.25, 0.3) is 0 Å². The van der Waals surface area contributed by atoms with Gasteiger partial charge in [-0.1, -0.05) is 47.8 Å². The van der Waals surface area contributed by atoms with Crippen LogP contribution in [0, 0.1) is 5.92 Å². The van der Waals surface area contributed by atoms with Crippen LogP contribution in [0.25, 0.3) is 0 Å². The van der Waals surface area contributed by atoms with Crippen LogP contribution in [0.3, 0.4) is 0 Å². The zero-order valence-corrected chi connectivity index (χ0v) is 23.9. The SMILES string of the molecule is COC(=O)C1=C(C)NC2=C(C(=O)C3(Oc4c(Cl)c(OC)cc(OC)c4C3=O)C(C)C2)C1c1ccc(Cl)cc1Cl. The van der Waals surface area contributed by atoms with Gasteiger partial charge >= 0.3 is 5.97 Å². The van der Waals surface area contributed by atoms with Crippen molar-refractivity contribution < 1.29 is 33.3 Å². The number of halogens is 3. The number of nitrogens with one attached hydrogen (secondary N) is 1. The fourth-order valence-electron chi connectivity index (χ4n) is 5.70. The van der Waals surface area contributed by atoms with E-state index in [-0.39, 0.29) is 50.4 Å². The molecular weight excluding hydrogens is 569 g/mol. The minimum atomic E-state index is -1.96. The summed E-state index contributed by atoms with van der Waals surface area (Å²) in [7, 11) is 4.07. The molecule has 0 aromatic heterocycles. The number of hydrogen-bond acceptors (Lipinski definition) is 8. The number of Topliss-reactive ketones (excluding diaryl/α,β-unsaturated/α-hetero) is 2. The Morgan fingerprint density at radius 3 is 2.36 bits per heavy atom. The average Bonchev–Trinajstić information content (AvgIpc) is 3.21. The van der Waals surface area contributed by atoms with Crippen molar-refractivity contribution in [1.82, 2.24) is 5.32 Å². The van der Waals surface area contributed by atoms with Crippen molar-refractivity contribution in [3.63, 3.8) is 0 Å². The zero-order chi connectivity index (χ0) is 28.4. The number of ketones is 2. The summed E-state index contributed by atoms with van der Waals surface area (Å²) >= 11 is 19.3. The van der Waals surface area contributed by atoms with E-state index in [1.807, 2.05) is 0 Å². The number of esters is 1. The molecule has 3 aliphatic rings.